The molecule has 29 heavy (non-hydrogen) atoms. The van der Waals surface area contributed by atoms with Crippen LogP contribution in [0.25, 0.3) is 0 Å². The Labute approximate surface area is 168 Å². The predicted molar refractivity (Wildman–Crippen MR) is 107 cm³/mol. The lowest BCUT2D eigenvalue weighted by molar-refractivity contribution is 0.0949. The summed E-state index contributed by atoms with van der Waals surface area (Å²) < 4.78 is 55.9. The Morgan fingerprint density at radius 2 is 1.55 bits per heavy atom. The largest absolute Gasteiger partial charge is 0.467 e. The second-order valence-corrected chi connectivity index (χ2v) is 9.85. The summed E-state index contributed by atoms with van der Waals surface area (Å²) in [5.41, 5.74) is 0.229. The minimum atomic E-state index is -4.03. The van der Waals surface area contributed by atoms with E-state index in [9.17, 15) is 21.6 Å². The number of sulfonamides is 1. The van der Waals surface area contributed by atoms with Crippen LogP contribution in [0.4, 0.5) is 5.69 Å². The number of furan rings is 1. The van der Waals surface area contributed by atoms with Gasteiger partial charge in [-0.15, -0.1) is 0 Å². The van der Waals surface area contributed by atoms with Crippen LogP contribution in [-0.2, 0) is 26.4 Å². The van der Waals surface area contributed by atoms with Gasteiger partial charge in [0.25, 0.3) is 15.9 Å². The molecule has 3 rings (SSSR count). The van der Waals surface area contributed by atoms with Gasteiger partial charge in [-0.2, -0.15) is 0 Å². The number of anilines is 1. The maximum Gasteiger partial charge on any atom is 0.261 e. The van der Waals surface area contributed by atoms with Crippen LogP contribution in [0.3, 0.4) is 0 Å². The number of hydrogen-bond donors (Lipinski definition) is 2. The highest BCUT2D eigenvalue weighted by molar-refractivity contribution is 7.92. The Hall–Kier alpha value is -3.11. The van der Waals surface area contributed by atoms with E-state index in [2.05, 4.69) is 10.0 Å². The third-order valence-electron chi connectivity index (χ3n) is 3.98. The van der Waals surface area contributed by atoms with Gasteiger partial charge in [-0.05, 0) is 48.5 Å². The Balaban J connectivity index is 1.81. The van der Waals surface area contributed by atoms with Gasteiger partial charge in [0, 0.05) is 6.26 Å². The van der Waals surface area contributed by atoms with Gasteiger partial charge in [0.1, 0.15) is 5.76 Å². The average Bonchev–Trinajstić information content (AvgIpc) is 3.19. The van der Waals surface area contributed by atoms with Crippen molar-refractivity contribution in [2.24, 2.45) is 0 Å². The minimum Gasteiger partial charge on any atom is -0.467 e. The molecule has 152 valence electrons. The summed E-state index contributed by atoms with van der Waals surface area (Å²) in [5, 5.41) is 2.66. The molecule has 8 nitrogen and oxygen atoms in total. The molecule has 0 aliphatic carbocycles. The van der Waals surface area contributed by atoms with Crippen LogP contribution in [0, 0.1) is 0 Å². The highest BCUT2D eigenvalue weighted by Gasteiger charge is 2.19. The first kappa shape index (κ1) is 20.6. The number of para-hydroxylation sites is 1. The number of benzene rings is 2. The molecule has 10 heteroatoms. The zero-order valence-electron chi connectivity index (χ0n) is 15.3. The van der Waals surface area contributed by atoms with Crippen molar-refractivity contribution < 1.29 is 26.0 Å². The molecule has 1 amide bonds. The molecule has 0 fully saturated rings. The van der Waals surface area contributed by atoms with Crippen LogP contribution in [0.5, 0.6) is 0 Å². The van der Waals surface area contributed by atoms with Crippen LogP contribution < -0.4 is 10.0 Å². The molecule has 0 saturated heterocycles. The van der Waals surface area contributed by atoms with E-state index in [1.807, 2.05) is 0 Å². The molecule has 0 radical (unpaired) electrons. The predicted octanol–water partition coefficient (Wildman–Crippen LogP) is 2.41. The molecule has 0 atom stereocenters. The quantitative estimate of drug-likeness (QED) is 0.589. The van der Waals surface area contributed by atoms with Gasteiger partial charge in [-0.1, -0.05) is 12.1 Å². The summed E-state index contributed by atoms with van der Waals surface area (Å²) in [4.78, 5) is 12.4. The van der Waals surface area contributed by atoms with Crippen LogP contribution in [0.15, 0.2) is 81.1 Å². The highest BCUT2D eigenvalue weighted by Crippen LogP contribution is 2.21. The monoisotopic (exact) mass is 434 g/mol. The second kappa shape index (κ2) is 8.10. The van der Waals surface area contributed by atoms with Crippen molar-refractivity contribution in [1.82, 2.24) is 5.32 Å². The zero-order valence-corrected chi connectivity index (χ0v) is 17.0. The molecule has 1 heterocycles. The molecule has 0 aliphatic rings. The van der Waals surface area contributed by atoms with E-state index in [4.69, 9.17) is 4.42 Å². The van der Waals surface area contributed by atoms with Crippen LogP contribution >= 0.6 is 0 Å². The van der Waals surface area contributed by atoms with E-state index >= 15 is 0 Å². The molecule has 0 bridgehead atoms. The van der Waals surface area contributed by atoms with Gasteiger partial charge in [-0.25, -0.2) is 16.8 Å². The van der Waals surface area contributed by atoms with Crippen molar-refractivity contribution in [1.29, 1.82) is 0 Å². The molecule has 0 saturated carbocycles. The fourth-order valence-electron chi connectivity index (χ4n) is 2.52. The van der Waals surface area contributed by atoms with Gasteiger partial charge in [-0.3, -0.25) is 9.52 Å². The molecule has 0 unspecified atom stereocenters. The number of hydrogen-bond acceptors (Lipinski definition) is 6. The maximum atomic E-state index is 12.7. The Morgan fingerprint density at radius 1 is 0.897 bits per heavy atom. The molecule has 3 aromatic rings. The molecule has 2 N–H and O–H groups in total. The second-order valence-electron chi connectivity index (χ2n) is 6.16. The average molecular weight is 434 g/mol. The number of sulfone groups is 1. The summed E-state index contributed by atoms with van der Waals surface area (Å²) in [6, 6.07) is 14.4. The summed E-state index contributed by atoms with van der Waals surface area (Å²) in [7, 11) is -7.48. The van der Waals surface area contributed by atoms with Gasteiger partial charge in [0.2, 0.25) is 0 Å². The zero-order chi connectivity index (χ0) is 21.1. The number of rotatable bonds is 7. The lowest BCUT2D eigenvalue weighted by atomic mass is 10.1. The molecular formula is C19H18N2O6S2. The number of amides is 1. The molecular weight excluding hydrogens is 416 g/mol. The SMILES string of the molecule is CS(=O)(=O)c1ccc(S(=O)(=O)Nc2ccccc2C(=O)NCc2ccco2)cc1. The van der Waals surface area contributed by atoms with Crippen LogP contribution in [0.2, 0.25) is 0 Å². The summed E-state index contributed by atoms with van der Waals surface area (Å²) in [6.45, 7) is 0.153. The molecule has 0 aliphatic heterocycles. The van der Waals surface area contributed by atoms with Crippen molar-refractivity contribution in [3.05, 3.63) is 78.3 Å². The van der Waals surface area contributed by atoms with E-state index in [-0.39, 0.29) is 27.6 Å². The Bertz CT molecular complexity index is 1220. The van der Waals surface area contributed by atoms with Crippen molar-refractivity contribution >= 4 is 31.5 Å². The summed E-state index contributed by atoms with van der Waals surface area (Å²) >= 11 is 0. The van der Waals surface area contributed by atoms with Gasteiger partial charge in [0.15, 0.2) is 9.84 Å². The summed E-state index contributed by atoms with van der Waals surface area (Å²) in [6.07, 6.45) is 2.52. The van der Waals surface area contributed by atoms with Crippen molar-refractivity contribution in [2.75, 3.05) is 11.0 Å². The van der Waals surface area contributed by atoms with Gasteiger partial charge < -0.3 is 9.73 Å². The molecule has 1 aromatic heterocycles. The minimum absolute atomic E-state index is 0.00848. The van der Waals surface area contributed by atoms with E-state index in [1.54, 1.807) is 24.3 Å². The van der Waals surface area contributed by atoms with E-state index in [0.717, 1.165) is 6.26 Å². The van der Waals surface area contributed by atoms with E-state index < -0.39 is 25.8 Å². The fraction of sp³-hybridized carbons (Fsp3) is 0.105. The van der Waals surface area contributed by atoms with E-state index in [0.29, 0.717) is 5.76 Å². The standard InChI is InChI=1S/C19H18N2O6S2/c1-28(23,24)15-8-10-16(11-9-15)29(25,26)21-18-7-3-2-6-17(18)19(22)20-13-14-5-4-12-27-14/h2-12,21H,13H2,1H3,(H,20,22). The van der Waals surface area contributed by atoms with Crippen LogP contribution in [-0.4, -0.2) is 29.0 Å². The lowest BCUT2D eigenvalue weighted by Gasteiger charge is -2.13. The van der Waals surface area contributed by atoms with Crippen molar-refractivity contribution in [3.63, 3.8) is 0 Å². The molecule has 2 aromatic carbocycles. The van der Waals surface area contributed by atoms with Crippen LogP contribution in [0.1, 0.15) is 16.1 Å². The highest BCUT2D eigenvalue weighted by atomic mass is 32.2. The van der Waals surface area contributed by atoms with Gasteiger partial charge in [0.05, 0.1) is 33.8 Å². The third-order valence-corrected chi connectivity index (χ3v) is 6.49. The summed E-state index contributed by atoms with van der Waals surface area (Å²) in [5.74, 6) is 0.0782. The first-order valence-corrected chi connectivity index (χ1v) is 11.8. The normalized spacial score (nSPS) is 11.8. The lowest BCUT2D eigenvalue weighted by Crippen LogP contribution is -2.24. The maximum absolute atomic E-state index is 12.7. The number of nitrogens with one attached hydrogen (secondary N) is 2. The van der Waals surface area contributed by atoms with Crippen molar-refractivity contribution in [3.8, 4) is 0 Å². The third kappa shape index (κ3) is 5.04. The van der Waals surface area contributed by atoms with Crippen molar-refractivity contribution in [2.45, 2.75) is 16.3 Å². The molecule has 0 spiro atoms. The first-order valence-electron chi connectivity index (χ1n) is 8.39. The topological polar surface area (TPSA) is 123 Å². The number of carbonyl (C=O) groups excluding carboxylic acids is 1. The smallest absolute Gasteiger partial charge is 0.261 e. The Morgan fingerprint density at radius 3 is 2.17 bits per heavy atom. The van der Waals surface area contributed by atoms with Gasteiger partial charge >= 0.3 is 0 Å². The first-order chi connectivity index (χ1) is 13.7. The Kier molecular flexibility index (Phi) is 5.76. The fourth-order valence-corrected chi connectivity index (χ4v) is 4.23. The van der Waals surface area contributed by atoms with E-state index in [1.165, 1.54) is 42.7 Å². The number of carbonyl (C=O) groups is 1.